The van der Waals surface area contributed by atoms with E-state index < -0.39 is 0 Å². The summed E-state index contributed by atoms with van der Waals surface area (Å²) in [4.78, 5) is 4.16. The van der Waals surface area contributed by atoms with Crippen molar-refractivity contribution in [3.05, 3.63) is 52.8 Å². The molecule has 0 atom stereocenters. The molecule has 0 aliphatic heterocycles. The topological polar surface area (TPSA) is 48.1 Å². The van der Waals surface area contributed by atoms with Gasteiger partial charge in [-0.05, 0) is 42.8 Å². The minimum absolute atomic E-state index is 0.431. The first-order valence-electron chi connectivity index (χ1n) is 5.28. The molecule has 0 aliphatic rings. The molecular weight excluding hydrogens is 236 g/mol. The van der Waals surface area contributed by atoms with E-state index in [1.165, 1.54) is 0 Å². The molecule has 2 aromatic rings. The number of hydrogen-bond donors (Lipinski definition) is 1. The minimum atomic E-state index is 0.431. The van der Waals surface area contributed by atoms with Gasteiger partial charge >= 0.3 is 0 Å². The Bertz CT molecular complexity index is 511. The molecule has 0 radical (unpaired) electrons. The van der Waals surface area contributed by atoms with Crippen LogP contribution in [0.5, 0.6) is 11.5 Å². The Morgan fingerprint density at radius 3 is 2.71 bits per heavy atom. The van der Waals surface area contributed by atoms with Gasteiger partial charge in [0.25, 0.3) is 0 Å². The Kier molecular flexibility index (Phi) is 3.61. The van der Waals surface area contributed by atoms with Crippen LogP contribution in [0.1, 0.15) is 11.3 Å². The fourth-order valence-electron chi connectivity index (χ4n) is 1.45. The molecule has 2 rings (SSSR count). The van der Waals surface area contributed by atoms with E-state index in [4.69, 9.17) is 22.1 Å². The lowest BCUT2D eigenvalue weighted by Crippen LogP contribution is -1.98. The lowest BCUT2D eigenvalue weighted by Gasteiger charge is -2.08. The summed E-state index contributed by atoms with van der Waals surface area (Å²) in [6, 6.07) is 9.20. The standard InChI is InChI=1S/C13H13ClN2O/c1-9-6-10(14)2-5-13(9)17-12-4-3-11(7-15)16-8-12/h2-6,8H,7,15H2,1H3. The van der Waals surface area contributed by atoms with Gasteiger partial charge in [0.1, 0.15) is 11.5 Å². The van der Waals surface area contributed by atoms with Gasteiger partial charge in [0.05, 0.1) is 11.9 Å². The van der Waals surface area contributed by atoms with E-state index in [1.807, 2.05) is 31.2 Å². The first-order valence-corrected chi connectivity index (χ1v) is 5.66. The smallest absolute Gasteiger partial charge is 0.145 e. The van der Waals surface area contributed by atoms with E-state index in [1.54, 1.807) is 12.3 Å². The zero-order valence-electron chi connectivity index (χ0n) is 9.48. The number of benzene rings is 1. The van der Waals surface area contributed by atoms with Crippen molar-refractivity contribution in [3.63, 3.8) is 0 Å². The van der Waals surface area contributed by atoms with Gasteiger partial charge < -0.3 is 10.5 Å². The van der Waals surface area contributed by atoms with E-state index in [0.717, 1.165) is 17.0 Å². The number of hydrogen-bond acceptors (Lipinski definition) is 3. The number of nitrogens with two attached hydrogens (primary N) is 1. The molecule has 0 amide bonds. The Morgan fingerprint density at radius 2 is 2.12 bits per heavy atom. The number of pyridine rings is 1. The molecule has 0 saturated carbocycles. The van der Waals surface area contributed by atoms with Crippen LogP contribution < -0.4 is 10.5 Å². The Morgan fingerprint density at radius 1 is 1.29 bits per heavy atom. The second-order valence-corrected chi connectivity index (χ2v) is 4.14. The molecule has 0 fully saturated rings. The van der Waals surface area contributed by atoms with E-state index in [9.17, 15) is 0 Å². The minimum Gasteiger partial charge on any atom is -0.455 e. The van der Waals surface area contributed by atoms with Crippen LogP contribution >= 0.6 is 11.6 Å². The molecule has 0 spiro atoms. The summed E-state index contributed by atoms with van der Waals surface area (Å²) in [5.74, 6) is 1.46. The normalized spacial score (nSPS) is 10.3. The van der Waals surface area contributed by atoms with E-state index in [2.05, 4.69) is 4.98 Å². The van der Waals surface area contributed by atoms with Crippen LogP contribution in [-0.2, 0) is 6.54 Å². The van der Waals surface area contributed by atoms with E-state index in [0.29, 0.717) is 17.3 Å². The lowest BCUT2D eigenvalue weighted by molar-refractivity contribution is 0.476. The molecule has 1 aromatic carbocycles. The molecule has 0 aliphatic carbocycles. The quantitative estimate of drug-likeness (QED) is 0.907. The molecule has 17 heavy (non-hydrogen) atoms. The summed E-state index contributed by atoms with van der Waals surface area (Å²) in [5, 5.41) is 0.700. The second-order valence-electron chi connectivity index (χ2n) is 3.70. The maximum atomic E-state index is 5.88. The van der Waals surface area contributed by atoms with Crippen molar-refractivity contribution < 1.29 is 4.74 Å². The zero-order valence-corrected chi connectivity index (χ0v) is 10.2. The second kappa shape index (κ2) is 5.17. The van der Waals surface area contributed by atoms with Crippen molar-refractivity contribution in [1.82, 2.24) is 4.98 Å². The number of ether oxygens (including phenoxy) is 1. The molecule has 0 unspecified atom stereocenters. The van der Waals surface area contributed by atoms with Gasteiger partial charge in [-0.1, -0.05) is 11.6 Å². The molecule has 1 aromatic heterocycles. The first kappa shape index (κ1) is 11.9. The van der Waals surface area contributed by atoms with Gasteiger partial charge in [0.2, 0.25) is 0 Å². The fourth-order valence-corrected chi connectivity index (χ4v) is 1.67. The third-order valence-electron chi connectivity index (χ3n) is 2.37. The Balaban J connectivity index is 2.19. The summed E-state index contributed by atoms with van der Waals surface area (Å²) in [6.07, 6.45) is 1.66. The van der Waals surface area contributed by atoms with Gasteiger partial charge in [-0.25, -0.2) is 0 Å². The molecule has 0 saturated heterocycles. The van der Waals surface area contributed by atoms with Crippen LogP contribution in [0.15, 0.2) is 36.5 Å². The monoisotopic (exact) mass is 248 g/mol. The Hall–Kier alpha value is -1.58. The van der Waals surface area contributed by atoms with Crippen molar-refractivity contribution in [2.75, 3.05) is 0 Å². The highest BCUT2D eigenvalue weighted by Gasteiger charge is 2.02. The lowest BCUT2D eigenvalue weighted by atomic mass is 10.2. The van der Waals surface area contributed by atoms with Crippen LogP contribution in [0.25, 0.3) is 0 Å². The van der Waals surface area contributed by atoms with Crippen molar-refractivity contribution in [2.24, 2.45) is 5.73 Å². The van der Waals surface area contributed by atoms with Crippen LogP contribution in [0.2, 0.25) is 5.02 Å². The van der Waals surface area contributed by atoms with Gasteiger partial charge in [-0.15, -0.1) is 0 Å². The predicted molar refractivity (Wildman–Crippen MR) is 68.4 cm³/mol. The van der Waals surface area contributed by atoms with Crippen LogP contribution in [0.3, 0.4) is 0 Å². The molecule has 88 valence electrons. The molecule has 4 heteroatoms. The predicted octanol–water partition coefficient (Wildman–Crippen LogP) is 3.29. The van der Waals surface area contributed by atoms with Gasteiger partial charge in [0, 0.05) is 11.6 Å². The largest absolute Gasteiger partial charge is 0.455 e. The highest BCUT2D eigenvalue weighted by molar-refractivity contribution is 6.30. The van der Waals surface area contributed by atoms with E-state index >= 15 is 0 Å². The third-order valence-corrected chi connectivity index (χ3v) is 2.61. The summed E-state index contributed by atoms with van der Waals surface area (Å²) in [7, 11) is 0. The molecule has 1 heterocycles. The van der Waals surface area contributed by atoms with Crippen LogP contribution in [0.4, 0.5) is 0 Å². The summed E-state index contributed by atoms with van der Waals surface area (Å²) in [6.45, 7) is 2.38. The van der Waals surface area contributed by atoms with Crippen molar-refractivity contribution in [3.8, 4) is 11.5 Å². The van der Waals surface area contributed by atoms with E-state index in [-0.39, 0.29) is 0 Å². The SMILES string of the molecule is Cc1cc(Cl)ccc1Oc1ccc(CN)nc1. The Labute approximate surface area is 105 Å². The van der Waals surface area contributed by atoms with Gasteiger partial charge in [0.15, 0.2) is 0 Å². The van der Waals surface area contributed by atoms with Crippen LogP contribution in [-0.4, -0.2) is 4.98 Å². The molecule has 2 N–H and O–H groups in total. The number of halogens is 1. The zero-order chi connectivity index (χ0) is 12.3. The van der Waals surface area contributed by atoms with Crippen molar-refractivity contribution in [1.29, 1.82) is 0 Å². The maximum absolute atomic E-state index is 5.88. The number of aromatic nitrogens is 1. The summed E-state index contributed by atoms with van der Waals surface area (Å²) < 4.78 is 5.70. The van der Waals surface area contributed by atoms with Crippen molar-refractivity contribution in [2.45, 2.75) is 13.5 Å². The molecular formula is C13H13ClN2O. The summed E-state index contributed by atoms with van der Waals surface area (Å²) in [5.41, 5.74) is 7.30. The average molecular weight is 249 g/mol. The first-order chi connectivity index (χ1) is 8.19. The number of aryl methyl sites for hydroxylation is 1. The fraction of sp³-hybridized carbons (Fsp3) is 0.154. The third kappa shape index (κ3) is 2.96. The van der Waals surface area contributed by atoms with Crippen molar-refractivity contribution >= 4 is 11.6 Å². The molecule has 3 nitrogen and oxygen atoms in total. The van der Waals surface area contributed by atoms with Gasteiger partial charge in [-0.3, -0.25) is 4.98 Å². The molecule has 0 bridgehead atoms. The maximum Gasteiger partial charge on any atom is 0.145 e. The highest BCUT2D eigenvalue weighted by atomic mass is 35.5. The number of rotatable bonds is 3. The highest BCUT2D eigenvalue weighted by Crippen LogP contribution is 2.26. The van der Waals surface area contributed by atoms with Crippen LogP contribution in [0, 0.1) is 6.92 Å². The summed E-state index contributed by atoms with van der Waals surface area (Å²) >= 11 is 5.88. The number of nitrogens with zero attached hydrogens (tertiary/aromatic N) is 1. The average Bonchev–Trinajstić information content (AvgIpc) is 2.34. The van der Waals surface area contributed by atoms with Gasteiger partial charge in [-0.2, -0.15) is 0 Å².